The van der Waals surface area contributed by atoms with Gasteiger partial charge in [-0.25, -0.2) is 5.10 Å². The Morgan fingerprint density at radius 2 is 2.10 bits per heavy atom. The van der Waals surface area contributed by atoms with Crippen LogP contribution in [0.1, 0.15) is 12.8 Å². The smallest absolute Gasteiger partial charge is 0.242 e. The summed E-state index contributed by atoms with van der Waals surface area (Å²) in [6.07, 6.45) is 2.50. The number of hydrogen-bond acceptors (Lipinski definition) is 4. The Hall–Kier alpha value is -1.13. The zero-order chi connectivity index (χ0) is 6.81. The summed E-state index contributed by atoms with van der Waals surface area (Å²) in [6.45, 7) is 2.16. The van der Waals surface area contributed by atoms with Gasteiger partial charge in [-0.05, 0) is 23.3 Å². The van der Waals surface area contributed by atoms with Crippen LogP contribution in [0.25, 0.3) is 0 Å². The Morgan fingerprint density at radius 1 is 1.30 bits per heavy atom. The second-order valence-electron chi connectivity index (χ2n) is 2.42. The van der Waals surface area contributed by atoms with E-state index < -0.39 is 0 Å². The summed E-state index contributed by atoms with van der Waals surface area (Å²) in [6, 6.07) is 0. The maximum atomic E-state index is 3.81. The van der Waals surface area contributed by atoms with Crippen molar-refractivity contribution >= 4 is 5.95 Å². The fraction of sp³-hybridized carbons (Fsp3) is 0.800. The molecule has 0 saturated carbocycles. The number of tetrazole rings is 1. The predicted octanol–water partition coefficient (Wildman–Crippen LogP) is -0.200. The van der Waals surface area contributed by atoms with Crippen LogP contribution in [0.5, 0.6) is 0 Å². The van der Waals surface area contributed by atoms with Gasteiger partial charge in [0, 0.05) is 13.1 Å². The third-order valence-corrected chi connectivity index (χ3v) is 1.74. The molecule has 1 aliphatic heterocycles. The first kappa shape index (κ1) is 5.64. The van der Waals surface area contributed by atoms with Crippen LogP contribution in [0.3, 0.4) is 0 Å². The number of anilines is 1. The molecule has 1 N–H and O–H groups in total. The summed E-state index contributed by atoms with van der Waals surface area (Å²) < 4.78 is 0. The molecule has 0 aromatic carbocycles. The lowest BCUT2D eigenvalue weighted by atomic mass is 10.4. The van der Waals surface area contributed by atoms with Gasteiger partial charge in [0.15, 0.2) is 0 Å². The molecule has 1 aliphatic rings. The molecule has 0 spiro atoms. The molecule has 1 aromatic heterocycles. The molecule has 0 aliphatic carbocycles. The van der Waals surface area contributed by atoms with Crippen molar-refractivity contribution in [1.29, 1.82) is 0 Å². The molecule has 0 atom stereocenters. The molecule has 1 fully saturated rings. The second-order valence-corrected chi connectivity index (χ2v) is 2.42. The molecular formula is C5H9N5. The molecule has 2 rings (SSSR count). The first-order valence-electron chi connectivity index (χ1n) is 3.45. The fourth-order valence-electron chi connectivity index (χ4n) is 1.22. The monoisotopic (exact) mass is 139 g/mol. The fourth-order valence-corrected chi connectivity index (χ4v) is 1.22. The zero-order valence-corrected chi connectivity index (χ0v) is 5.62. The highest BCUT2D eigenvalue weighted by molar-refractivity contribution is 5.26. The van der Waals surface area contributed by atoms with Crippen LogP contribution in [-0.2, 0) is 0 Å². The number of aromatic amines is 1. The molecule has 0 radical (unpaired) electrons. The van der Waals surface area contributed by atoms with Gasteiger partial charge in [0.05, 0.1) is 0 Å². The van der Waals surface area contributed by atoms with E-state index in [2.05, 4.69) is 25.5 Å². The third kappa shape index (κ3) is 0.832. The highest BCUT2D eigenvalue weighted by atomic mass is 15.5. The molecular weight excluding hydrogens is 130 g/mol. The van der Waals surface area contributed by atoms with Crippen LogP contribution in [0.2, 0.25) is 0 Å². The van der Waals surface area contributed by atoms with Crippen LogP contribution in [0.4, 0.5) is 5.95 Å². The van der Waals surface area contributed by atoms with E-state index >= 15 is 0 Å². The van der Waals surface area contributed by atoms with Gasteiger partial charge in [-0.3, -0.25) is 0 Å². The van der Waals surface area contributed by atoms with E-state index in [1.165, 1.54) is 12.8 Å². The number of rotatable bonds is 1. The highest BCUT2D eigenvalue weighted by Crippen LogP contribution is 2.12. The van der Waals surface area contributed by atoms with Crippen molar-refractivity contribution in [2.24, 2.45) is 0 Å². The van der Waals surface area contributed by atoms with Crippen molar-refractivity contribution in [2.75, 3.05) is 18.0 Å². The van der Waals surface area contributed by atoms with Crippen LogP contribution >= 0.6 is 0 Å². The summed E-state index contributed by atoms with van der Waals surface area (Å²) in [7, 11) is 0. The van der Waals surface area contributed by atoms with Crippen LogP contribution in [-0.4, -0.2) is 33.7 Å². The summed E-state index contributed by atoms with van der Waals surface area (Å²) in [5.41, 5.74) is 0. The Kier molecular flexibility index (Phi) is 1.26. The van der Waals surface area contributed by atoms with Gasteiger partial charge in [-0.15, -0.1) is 0 Å². The summed E-state index contributed by atoms with van der Waals surface area (Å²) in [5.74, 6) is 0.803. The molecule has 1 saturated heterocycles. The van der Waals surface area contributed by atoms with Gasteiger partial charge in [-0.2, -0.15) is 0 Å². The van der Waals surface area contributed by atoms with E-state index in [9.17, 15) is 0 Å². The molecule has 0 bridgehead atoms. The Labute approximate surface area is 58.4 Å². The molecule has 2 heterocycles. The number of nitrogens with one attached hydrogen (secondary N) is 1. The summed E-state index contributed by atoms with van der Waals surface area (Å²) in [5, 5.41) is 13.5. The highest BCUT2D eigenvalue weighted by Gasteiger charge is 2.14. The average molecular weight is 139 g/mol. The van der Waals surface area contributed by atoms with Crippen molar-refractivity contribution in [3.8, 4) is 0 Å². The minimum atomic E-state index is 0.803. The first-order chi connectivity index (χ1) is 4.97. The number of H-pyrrole nitrogens is 1. The quantitative estimate of drug-likeness (QED) is 0.585. The molecule has 1 aromatic rings. The normalized spacial score (nSPS) is 18.2. The van der Waals surface area contributed by atoms with Gasteiger partial charge in [0.2, 0.25) is 5.95 Å². The van der Waals surface area contributed by atoms with E-state index in [1.807, 2.05) is 0 Å². The van der Waals surface area contributed by atoms with Crippen molar-refractivity contribution in [3.63, 3.8) is 0 Å². The zero-order valence-electron chi connectivity index (χ0n) is 5.62. The lowest BCUT2D eigenvalue weighted by molar-refractivity contribution is 0.881. The molecule has 5 heteroatoms. The van der Waals surface area contributed by atoms with Gasteiger partial charge in [0.25, 0.3) is 0 Å². The van der Waals surface area contributed by atoms with Crippen molar-refractivity contribution in [3.05, 3.63) is 0 Å². The Morgan fingerprint density at radius 3 is 2.70 bits per heavy atom. The summed E-state index contributed by atoms with van der Waals surface area (Å²) >= 11 is 0. The SMILES string of the molecule is C1CCN(c2nnn[nH]2)C1. The van der Waals surface area contributed by atoms with E-state index in [0.29, 0.717) is 0 Å². The summed E-state index contributed by atoms with van der Waals surface area (Å²) in [4.78, 5) is 2.15. The number of aromatic nitrogens is 4. The number of hydrogen-bond donors (Lipinski definition) is 1. The molecule has 5 nitrogen and oxygen atoms in total. The standard InChI is InChI=1S/C5H9N5/c1-2-4-10(3-1)5-6-8-9-7-5/h1-4H2,(H,6,7,8,9). The van der Waals surface area contributed by atoms with Gasteiger partial charge < -0.3 is 4.90 Å². The minimum absolute atomic E-state index is 0.803. The van der Waals surface area contributed by atoms with Gasteiger partial charge >= 0.3 is 0 Å². The largest absolute Gasteiger partial charge is 0.340 e. The Bertz CT molecular complexity index is 188. The van der Waals surface area contributed by atoms with Crippen molar-refractivity contribution < 1.29 is 0 Å². The minimum Gasteiger partial charge on any atom is -0.340 e. The molecule has 0 unspecified atom stereocenters. The van der Waals surface area contributed by atoms with E-state index in [-0.39, 0.29) is 0 Å². The molecule has 0 amide bonds. The van der Waals surface area contributed by atoms with Gasteiger partial charge in [-0.1, -0.05) is 5.10 Å². The number of nitrogens with zero attached hydrogens (tertiary/aromatic N) is 4. The van der Waals surface area contributed by atoms with Crippen LogP contribution in [0, 0.1) is 0 Å². The van der Waals surface area contributed by atoms with E-state index in [4.69, 9.17) is 0 Å². The topological polar surface area (TPSA) is 57.7 Å². The van der Waals surface area contributed by atoms with Crippen LogP contribution < -0.4 is 4.90 Å². The maximum absolute atomic E-state index is 3.81. The lowest BCUT2D eigenvalue weighted by Gasteiger charge is -2.10. The first-order valence-corrected chi connectivity index (χ1v) is 3.45. The van der Waals surface area contributed by atoms with Gasteiger partial charge in [0.1, 0.15) is 0 Å². The van der Waals surface area contributed by atoms with E-state index in [1.54, 1.807) is 0 Å². The third-order valence-electron chi connectivity index (χ3n) is 1.74. The average Bonchev–Trinajstić information content (AvgIpc) is 2.59. The Balaban J connectivity index is 2.12. The lowest BCUT2D eigenvalue weighted by Crippen LogP contribution is -2.18. The molecule has 10 heavy (non-hydrogen) atoms. The molecule has 54 valence electrons. The van der Waals surface area contributed by atoms with E-state index in [0.717, 1.165) is 19.0 Å². The second kappa shape index (κ2) is 2.24. The van der Waals surface area contributed by atoms with Crippen molar-refractivity contribution in [2.45, 2.75) is 12.8 Å². The van der Waals surface area contributed by atoms with Crippen LogP contribution in [0.15, 0.2) is 0 Å². The van der Waals surface area contributed by atoms with Crippen molar-refractivity contribution in [1.82, 2.24) is 20.6 Å². The predicted molar refractivity (Wildman–Crippen MR) is 35.6 cm³/mol. The maximum Gasteiger partial charge on any atom is 0.242 e.